The second-order valence-electron chi connectivity index (χ2n) is 7.80. The molecule has 0 spiro atoms. The molecule has 8 nitrogen and oxygen atoms in total. The second-order valence-corrected chi connectivity index (χ2v) is 8.24. The van der Waals surface area contributed by atoms with Gasteiger partial charge in [-0.05, 0) is 60.9 Å². The predicted molar refractivity (Wildman–Crippen MR) is 121 cm³/mol. The maximum atomic E-state index is 13.2. The van der Waals surface area contributed by atoms with Crippen molar-refractivity contribution in [1.82, 2.24) is 30.4 Å². The first-order valence-electron chi connectivity index (χ1n) is 10.7. The lowest BCUT2D eigenvalue weighted by molar-refractivity contribution is -0.136. The number of nitrogens with zero attached hydrogens (tertiary/aromatic N) is 5. The lowest BCUT2D eigenvalue weighted by Crippen LogP contribution is -2.48. The van der Waals surface area contributed by atoms with E-state index < -0.39 is 6.04 Å². The Bertz CT molecular complexity index is 1060. The molecular formula is C23H25ClN6O2. The van der Waals surface area contributed by atoms with Crippen LogP contribution in [-0.2, 0) is 4.79 Å². The maximum absolute atomic E-state index is 13.2. The van der Waals surface area contributed by atoms with Crippen LogP contribution in [0.5, 0.6) is 0 Å². The minimum atomic E-state index is -0.515. The van der Waals surface area contributed by atoms with Crippen molar-refractivity contribution in [1.29, 1.82) is 0 Å². The number of carbonyl (C=O) groups excluding carboxylic acids is 2. The predicted octanol–water partition coefficient (Wildman–Crippen LogP) is 3.37. The van der Waals surface area contributed by atoms with Crippen molar-refractivity contribution in [3.63, 3.8) is 0 Å². The topological polar surface area (TPSA) is 93.0 Å². The number of hydrogen-bond acceptors (Lipinski definition) is 5. The molecule has 0 saturated carbocycles. The molecule has 0 aliphatic carbocycles. The summed E-state index contributed by atoms with van der Waals surface area (Å²) in [4.78, 5) is 28.8. The molecule has 2 amide bonds. The molecule has 166 valence electrons. The van der Waals surface area contributed by atoms with E-state index in [9.17, 15) is 9.59 Å². The van der Waals surface area contributed by atoms with E-state index >= 15 is 0 Å². The number of rotatable bonds is 6. The van der Waals surface area contributed by atoms with E-state index in [0.29, 0.717) is 48.8 Å². The molecule has 1 aliphatic heterocycles. The van der Waals surface area contributed by atoms with Crippen molar-refractivity contribution in [2.45, 2.75) is 38.3 Å². The number of nitrogens with one attached hydrogen (secondary N) is 1. The smallest absolute Gasteiger partial charge is 0.251 e. The summed E-state index contributed by atoms with van der Waals surface area (Å²) < 4.78 is 0. The molecule has 1 aliphatic rings. The number of amides is 2. The van der Waals surface area contributed by atoms with Crippen LogP contribution in [-0.4, -0.2) is 56.1 Å². The fourth-order valence-electron chi connectivity index (χ4n) is 3.82. The fraction of sp³-hybridized carbons (Fsp3) is 0.348. The van der Waals surface area contributed by atoms with Crippen LogP contribution in [0.3, 0.4) is 0 Å². The number of benzene rings is 2. The quantitative estimate of drug-likeness (QED) is 0.619. The highest BCUT2D eigenvalue weighted by Gasteiger charge is 2.30. The summed E-state index contributed by atoms with van der Waals surface area (Å²) >= 11 is 5.94. The number of carbonyl (C=O) groups is 2. The molecule has 0 radical (unpaired) electrons. The lowest BCUT2D eigenvalue weighted by atomic mass is 10.0. The van der Waals surface area contributed by atoms with Gasteiger partial charge in [-0.1, -0.05) is 36.7 Å². The zero-order valence-corrected chi connectivity index (χ0v) is 18.6. The molecule has 1 aromatic heterocycles. The van der Waals surface area contributed by atoms with E-state index in [1.54, 1.807) is 24.3 Å². The van der Waals surface area contributed by atoms with E-state index in [-0.39, 0.29) is 17.9 Å². The Kier molecular flexibility index (Phi) is 6.80. The van der Waals surface area contributed by atoms with Gasteiger partial charge in [-0.3, -0.25) is 9.59 Å². The third-order valence-corrected chi connectivity index (χ3v) is 5.91. The van der Waals surface area contributed by atoms with Gasteiger partial charge < -0.3 is 10.2 Å². The van der Waals surface area contributed by atoms with Crippen LogP contribution >= 0.6 is 11.6 Å². The number of piperidine rings is 1. The lowest BCUT2D eigenvalue weighted by Gasteiger charge is -2.34. The summed E-state index contributed by atoms with van der Waals surface area (Å²) in [5.41, 5.74) is 1.43. The van der Waals surface area contributed by atoms with Gasteiger partial charge in [-0.2, -0.15) is 4.80 Å². The molecule has 9 heteroatoms. The normalized spacial score (nSPS) is 15.4. The largest absolute Gasteiger partial charge is 0.349 e. The van der Waals surface area contributed by atoms with Gasteiger partial charge in [0, 0.05) is 35.3 Å². The van der Waals surface area contributed by atoms with Crippen molar-refractivity contribution in [2.75, 3.05) is 13.1 Å². The van der Waals surface area contributed by atoms with Crippen LogP contribution in [0.15, 0.2) is 54.6 Å². The third-order valence-electron chi connectivity index (χ3n) is 5.66. The van der Waals surface area contributed by atoms with E-state index in [4.69, 9.17) is 11.6 Å². The molecule has 0 bridgehead atoms. The molecule has 1 fully saturated rings. The maximum Gasteiger partial charge on any atom is 0.251 e. The van der Waals surface area contributed by atoms with Crippen molar-refractivity contribution in [3.8, 4) is 11.4 Å². The Balaban J connectivity index is 1.35. The zero-order chi connectivity index (χ0) is 22.5. The third kappa shape index (κ3) is 4.96. The summed E-state index contributed by atoms with van der Waals surface area (Å²) in [5.74, 6) is 0.346. The second kappa shape index (κ2) is 9.91. The van der Waals surface area contributed by atoms with Crippen LogP contribution in [0, 0.1) is 0 Å². The summed E-state index contributed by atoms with van der Waals surface area (Å²) in [6, 6.07) is 15.9. The van der Waals surface area contributed by atoms with Crippen molar-refractivity contribution >= 4 is 23.4 Å². The summed E-state index contributed by atoms with van der Waals surface area (Å²) in [6.45, 7) is 3.09. The first kappa shape index (κ1) is 22.0. The summed E-state index contributed by atoms with van der Waals surface area (Å²) in [5, 5.41) is 16.4. The Morgan fingerprint density at radius 3 is 2.44 bits per heavy atom. The van der Waals surface area contributed by atoms with Gasteiger partial charge in [-0.15, -0.1) is 10.2 Å². The minimum Gasteiger partial charge on any atom is -0.349 e. The highest BCUT2D eigenvalue weighted by Crippen LogP contribution is 2.21. The van der Waals surface area contributed by atoms with Gasteiger partial charge >= 0.3 is 0 Å². The van der Waals surface area contributed by atoms with Crippen LogP contribution in [0.4, 0.5) is 0 Å². The first-order valence-corrected chi connectivity index (χ1v) is 11.1. The number of tetrazole rings is 1. The molecule has 1 saturated heterocycles. The van der Waals surface area contributed by atoms with Crippen LogP contribution < -0.4 is 5.32 Å². The fourth-order valence-corrected chi connectivity index (χ4v) is 3.95. The molecule has 2 aromatic carbocycles. The molecule has 1 atom stereocenters. The monoisotopic (exact) mass is 452 g/mol. The van der Waals surface area contributed by atoms with Gasteiger partial charge in [-0.25, -0.2) is 0 Å². The number of aromatic nitrogens is 4. The molecule has 1 N–H and O–H groups in total. The van der Waals surface area contributed by atoms with E-state index in [1.165, 1.54) is 4.80 Å². The van der Waals surface area contributed by atoms with Gasteiger partial charge in [0.25, 0.3) is 5.91 Å². The summed E-state index contributed by atoms with van der Waals surface area (Å²) in [7, 11) is 0. The Labute approximate surface area is 191 Å². The number of halogens is 1. The first-order chi connectivity index (χ1) is 15.5. The highest BCUT2D eigenvalue weighted by atomic mass is 35.5. The summed E-state index contributed by atoms with van der Waals surface area (Å²) in [6.07, 6.45) is 1.98. The SMILES string of the molecule is CC[C@@H](C(=O)N1CCC(NC(=O)c2ccccc2)CC1)n1nnc(-c2ccc(Cl)cc2)n1. The Hall–Kier alpha value is -3.26. The van der Waals surface area contributed by atoms with Crippen LogP contribution in [0.2, 0.25) is 5.02 Å². The zero-order valence-electron chi connectivity index (χ0n) is 17.8. The molecule has 3 aromatic rings. The average Bonchev–Trinajstić information content (AvgIpc) is 3.31. The molecule has 32 heavy (non-hydrogen) atoms. The molecule has 0 unspecified atom stereocenters. The molecular weight excluding hydrogens is 428 g/mol. The van der Waals surface area contributed by atoms with Crippen molar-refractivity contribution in [3.05, 3.63) is 65.2 Å². The van der Waals surface area contributed by atoms with Gasteiger partial charge in [0.15, 0.2) is 6.04 Å². The van der Waals surface area contributed by atoms with Gasteiger partial charge in [0.1, 0.15) is 0 Å². The average molecular weight is 453 g/mol. The Morgan fingerprint density at radius 2 is 1.78 bits per heavy atom. The molecule has 4 rings (SSSR count). The standard InChI is InChI=1S/C23H25ClN6O2/c1-2-20(30-27-21(26-28-30)16-8-10-18(24)11-9-16)23(32)29-14-12-19(13-15-29)25-22(31)17-6-4-3-5-7-17/h3-11,19-20H,2,12-15H2,1H3,(H,25,31)/t20-/m0/s1. The number of hydrogen-bond donors (Lipinski definition) is 1. The number of likely N-dealkylation sites (tertiary alicyclic amines) is 1. The van der Waals surface area contributed by atoms with Gasteiger partial charge in [0.05, 0.1) is 0 Å². The van der Waals surface area contributed by atoms with Crippen molar-refractivity contribution < 1.29 is 9.59 Å². The van der Waals surface area contributed by atoms with Crippen molar-refractivity contribution in [2.24, 2.45) is 0 Å². The minimum absolute atomic E-state index is 0.0274. The van der Waals surface area contributed by atoms with Gasteiger partial charge in [0.2, 0.25) is 11.7 Å². The van der Waals surface area contributed by atoms with E-state index in [1.807, 2.05) is 42.2 Å². The highest BCUT2D eigenvalue weighted by molar-refractivity contribution is 6.30. The van der Waals surface area contributed by atoms with E-state index in [0.717, 1.165) is 5.56 Å². The molecule has 2 heterocycles. The van der Waals surface area contributed by atoms with Crippen LogP contribution in [0.1, 0.15) is 42.6 Å². The van der Waals surface area contributed by atoms with Crippen LogP contribution in [0.25, 0.3) is 11.4 Å². The Morgan fingerprint density at radius 1 is 1.09 bits per heavy atom. The van der Waals surface area contributed by atoms with E-state index in [2.05, 4.69) is 20.7 Å².